The summed E-state index contributed by atoms with van der Waals surface area (Å²) in [5.41, 5.74) is 0.550. The van der Waals surface area contributed by atoms with Crippen molar-refractivity contribution in [1.82, 2.24) is 0 Å². The Morgan fingerprint density at radius 3 is 1.50 bits per heavy atom. The Labute approximate surface area is 163 Å². The van der Waals surface area contributed by atoms with E-state index in [0.29, 0.717) is 5.57 Å². The first kappa shape index (κ1) is 25.3. The molecule has 0 aromatic heterocycles. The van der Waals surface area contributed by atoms with Crippen molar-refractivity contribution in [3.05, 3.63) is 11.6 Å². The van der Waals surface area contributed by atoms with Crippen LogP contribution in [-0.4, -0.2) is 5.97 Å². The molecule has 0 aromatic rings. The summed E-state index contributed by atoms with van der Waals surface area (Å²) in [5, 5.41) is 0. The quantitative estimate of drug-likeness (QED) is 0.128. The lowest BCUT2D eigenvalue weighted by molar-refractivity contribution is -0.129. The number of allylic oxidation sites excluding steroid dienone is 1. The molecule has 0 amide bonds. The van der Waals surface area contributed by atoms with Crippen LogP contribution in [-0.2, 0) is 13.9 Å². The normalized spacial score (nSPS) is 11.8. The molecule has 0 N–H and O–H groups in total. The summed E-state index contributed by atoms with van der Waals surface area (Å²) < 4.78 is 14.6. The fourth-order valence-electron chi connectivity index (χ4n) is 3.20. The third kappa shape index (κ3) is 18.1. The standard InChI is InChI=1S/C22H41O3P/c1-3-4-5-6-7-8-9-10-11-12-13-14-15-16-17-18-19-20-21(2)22(23)25-26-24/h20H,3-19H2,1-2H3. The van der Waals surface area contributed by atoms with E-state index in [4.69, 9.17) is 0 Å². The average Bonchev–Trinajstić information content (AvgIpc) is 2.64. The van der Waals surface area contributed by atoms with Crippen LogP contribution in [0.25, 0.3) is 0 Å². The molecule has 0 aromatic carbocycles. The Balaban J connectivity index is 3.21. The molecule has 0 aliphatic rings. The summed E-state index contributed by atoms with van der Waals surface area (Å²) in [5.74, 6) is -0.488. The minimum Gasteiger partial charge on any atom is -0.369 e. The molecule has 0 aliphatic heterocycles. The SMILES string of the molecule is CCCCCCCCCCCCCCCCCCC=C(C)C(=O)OP=O. The lowest BCUT2D eigenvalue weighted by Gasteiger charge is -2.03. The van der Waals surface area contributed by atoms with Gasteiger partial charge in [-0.1, -0.05) is 109 Å². The summed E-state index contributed by atoms with van der Waals surface area (Å²) in [7, 11) is -0.571. The summed E-state index contributed by atoms with van der Waals surface area (Å²) in [6.45, 7) is 3.98. The van der Waals surface area contributed by atoms with Crippen LogP contribution in [0.1, 0.15) is 123 Å². The Bertz CT molecular complexity index is 366. The van der Waals surface area contributed by atoms with Gasteiger partial charge in [0.1, 0.15) is 0 Å². The zero-order valence-electron chi connectivity index (χ0n) is 17.3. The smallest absolute Gasteiger partial charge is 0.369 e. The van der Waals surface area contributed by atoms with Gasteiger partial charge in [-0.2, -0.15) is 0 Å². The van der Waals surface area contributed by atoms with E-state index >= 15 is 0 Å². The van der Waals surface area contributed by atoms with Gasteiger partial charge in [0.25, 0.3) is 0 Å². The average molecular weight is 385 g/mol. The molecule has 0 atom stereocenters. The Hall–Kier alpha value is -0.690. The van der Waals surface area contributed by atoms with E-state index in [1.807, 2.05) is 6.08 Å². The highest BCUT2D eigenvalue weighted by Gasteiger charge is 2.04. The molecule has 26 heavy (non-hydrogen) atoms. The highest BCUT2D eigenvalue weighted by molar-refractivity contribution is 7.18. The van der Waals surface area contributed by atoms with Crippen LogP contribution in [0.4, 0.5) is 0 Å². The van der Waals surface area contributed by atoms with E-state index in [1.54, 1.807) is 6.92 Å². The molecule has 3 nitrogen and oxygen atoms in total. The molecule has 0 rings (SSSR count). The van der Waals surface area contributed by atoms with Crippen LogP contribution in [0, 0.1) is 0 Å². The van der Waals surface area contributed by atoms with Gasteiger partial charge in [0.2, 0.25) is 0 Å². The van der Waals surface area contributed by atoms with Crippen LogP contribution in [0.15, 0.2) is 11.6 Å². The van der Waals surface area contributed by atoms with Crippen LogP contribution in [0.5, 0.6) is 0 Å². The predicted octanol–water partition coefficient (Wildman–Crippen LogP) is 8.33. The van der Waals surface area contributed by atoms with Gasteiger partial charge in [0.15, 0.2) is 0 Å². The number of hydrogen-bond donors (Lipinski definition) is 0. The molecule has 0 unspecified atom stereocenters. The summed E-state index contributed by atoms with van der Waals surface area (Å²) in [6, 6.07) is 0. The highest BCUT2D eigenvalue weighted by atomic mass is 31.1. The van der Waals surface area contributed by atoms with Crippen LogP contribution < -0.4 is 0 Å². The number of carbonyl (C=O) groups excluding carboxylic acids is 1. The predicted molar refractivity (Wildman–Crippen MR) is 112 cm³/mol. The molecule has 152 valence electrons. The number of unbranched alkanes of at least 4 members (excludes halogenated alkanes) is 16. The van der Waals surface area contributed by atoms with Crippen molar-refractivity contribution in [2.75, 3.05) is 0 Å². The fraction of sp³-hybridized carbons (Fsp3) is 0.864. The summed E-state index contributed by atoms with van der Waals surface area (Å²) in [4.78, 5) is 11.2. The van der Waals surface area contributed by atoms with Crippen molar-refractivity contribution >= 4 is 14.7 Å². The van der Waals surface area contributed by atoms with Crippen molar-refractivity contribution in [1.29, 1.82) is 0 Å². The van der Waals surface area contributed by atoms with Gasteiger partial charge < -0.3 is 4.52 Å². The first-order valence-electron chi connectivity index (χ1n) is 10.9. The summed E-state index contributed by atoms with van der Waals surface area (Å²) in [6.07, 6.45) is 24.6. The number of hydrogen-bond acceptors (Lipinski definition) is 3. The second-order valence-corrected chi connectivity index (χ2v) is 7.76. The molecule has 0 aliphatic carbocycles. The zero-order chi connectivity index (χ0) is 19.3. The van der Waals surface area contributed by atoms with Gasteiger partial charge in [0, 0.05) is 5.57 Å². The van der Waals surface area contributed by atoms with Gasteiger partial charge in [0.05, 0.1) is 0 Å². The minimum atomic E-state index is -0.571. The van der Waals surface area contributed by atoms with Gasteiger partial charge in [-0.15, -0.1) is 0 Å². The molecule has 0 spiro atoms. The molecular formula is C22H41O3P. The first-order valence-corrected chi connectivity index (χ1v) is 11.7. The van der Waals surface area contributed by atoms with Gasteiger partial charge in [-0.05, 0) is 19.8 Å². The Kier molecular flexibility index (Phi) is 20.1. The van der Waals surface area contributed by atoms with Gasteiger partial charge in [-0.25, -0.2) is 9.36 Å². The molecule has 0 heterocycles. The number of carbonyl (C=O) groups is 1. The van der Waals surface area contributed by atoms with Crippen molar-refractivity contribution in [3.63, 3.8) is 0 Å². The minimum absolute atomic E-state index is 0.488. The van der Waals surface area contributed by atoms with E-state index in [9.17, 15) is 9.36 Å². The number of rotatable bonds is 19. The van der Waals surface area contributed by atoms with Crippen LogP contribution in [0.2, 0.25) is 0 Å². The second kappa shape index (κ2) is 20.6. The van der Waals surface area contributed by atoms with E-state index in [2.05, 4.69) is 11.4 Å². The molecule has 4 heteroatoms. The van der Waals surface area contributed by atoms with Crippen molar-refractivity contribution < 1.29 is 13.9 Å². The van der Waals surface area contributed by atoms with E-state index in [1.165, 1.54) is 96.3 Å². The monoisotopic (exact) mass is 384 g/mol. The highest BCUT2D eigenvalue weighted by Crippen LogP contribution is 2.14. The van der Waals surface area contributed by atoms with Gasteiger partial charge in [-0.3, -0.25) is 0 Å². The van der Waals surface area contributed by atoms with Crippen molar-refractivity contribution in [2.24, 2.45) is 0 Å². The Morgan fingerprint density at radius 1 is 0.731 bits per heavy atom. The lowest BCUT2D eigenvalue weighted by atomic mass is 10.0. The summed E-state index contributed by atoms with van der Waals surface area (Å²) >= 11 is 0. The second-order valence-electron chi connectivity index (χ2n) is 7.43. The van der Waals surface area contributed by atoms with Crippen LogP contribution >= 0.6 is 8.69 Å². The Morgan fingerprint density at radius 2 is 1.12 bits per heavy atom. The molecule has 0 radical (unpaired) electrons. The van der Waals surface area contributed by atoms with Crippen molar-refractivity contribution in [2.45, 2.75) is 123 Å². The fourth-order valence-corrected chi connectivity index (χ4v) is 3.41. The van der Waals surface area contributed by atoms with E-state index in [-0.39, 0.29) is 0 Å². The maximum absolute atomic E-state index is 11.2. The van der Waals surface area contributed by atoms with Gasteiger partial charge >= 0.3 is 14.7 Å². The van der Waals surface area contributed by atoms with Crippen molar-refractivity contribution in [3.8, 4) is 0 Å². The lowest BCUT2D eigenvalue weighted by Crippen LogP contribution is -1.97. The molecule has 0 saturated carbocycles. The molecule has 0 bridgehead atoms. The molecular weight excluding hydrogens is 343 g/mol. The first-order chi connectivity index (χ1) is 12.7. The zero-order valence-corrected chi connectivity index (χ0v) is 18.2. The molecule has 0 fully saturated rings. The topological polar surface area (TPSA) is 43.4 Å². The van der Waals surface area contributed by atoms with Crippen LogP contribution in [0.3, 0.4) is 0 Å². The maximum Gasteiger partial charge on any atom is 0.398 e. The maximum atomic E-state index is 11.2. The largest absolute Gasteiger partial charge is 0.398 e. The van der Waals surface area contributed by atoms with E-state index < -0.39 is 14.7 Å². The molecule has 0 saturated heterocycles. The third-order valence-corrected chi connectivity index (χ3v) is 5.19. The third-order valence-electron chi connectivity index (χ3n) is 4.95. The van der Waals surface area contributed by atoms with E-state index in [0.717, 1.165) is 12.8 Å².